The van der Waals surface area contributed by atoms with E-state index in [-0.39, 0.29) is 5.60 Å². The van der Waals surface area contributed by atoms with Crippen molar-refractivity contribution in [1.82, 2.24) is 0 Å². The molecular formula is C11H18O. The van der Waals surface area contributed by atoms with Gasteiger partial charge in [-0.05, 0) is 44.1 Å². The van der Waals surface area contributed by atoms with Gasteiger partial charge in [-0.25, -0.2) is 0 Å². The average Bonchev–Trinajstić information content (AvgIpc) is 2.55. The van der Waals surface area contributed by atoms with E-state index >= 15 is 0 Å². The molecule has 0 aromatic carbocycles. The van der Waals surface area contributed by atoms with Gasteiger partial charge in [-0.1, -0.05) is 18.9 Å². The SMILES string of the molecule is OC1(C2=CCCCC2)CCCC1. The fourth-order valence-electron chi connectivity index (χ4n) is 2.54. The lowest BCUT2D eigenvalue weighted by molar-refractivity contribution is 0.0807. The molecule has 0 atom stereocenters. The third-order valence-electron chi connectivity index (χ3n) is 3.32. The van der Waals surface area contributed by atoms with E-state index in [0.717, 1.165) is 19.3 Å². The van der Waals surface area contributed by atoms with E-state index in [2.05, 4.69) is 6.08 Å². The molecule has 0 aromatic rings. The highest BCUT2D eigenvalue weighted by atomic mass is 16.3. The first-order chi connectivity index (χ1) is 5.81. The van der Waals surface area contributed by atoms with Crippen LogP contribution >= 0.6 is 0 Å². The summed E-state index contributed by atoms with van der Waals surface area (Å²) in [4.78, 5) is 0. The Kier molecular flexibility index (Phi) is 2.22. The highest BCUT2D eigenvalue weighted by Crippen LogP contribution is 2.39. The normalized spacial score (nSPS) is 28.6. The fraction of sp³-hybridized carbons (Fsp3) is 0.818. The molecule has 1 fully saturated rings. The van der Waals surface area contributed by atoms with Crippen LogP contribution in [0.2, 0.25) is 0 Å². The van der Waals surface area contributed by atoms with Crippen LogP contribution in [0, 0.1) is 0 Å². The molecule has 2 aliphatic rings. The zero-order valence-electron chi connectivity index (χ0n) is 7.68. The quantitative estimate of drug-likeness (QED) is 0.594. The van der Waals surface area contributed by atoms with Crippen molar-refractivity contribution in [2.24, 2.45) is 0 Å². The lowest BCUT2D eigenvalue weighted by Gasteiger charge is -2.28. The zero-order chi connectivity index (χ0) is 8.44. The molecule has 2 rings (SSSR count). The summed E-state index contributed by atoms with van der Waals surface area (Å²) in [5, 5.41) is 10.2. The molecule has 0 unspecified atom stereocenters. The molecule has 12 heavy (non-hydrogen) atoms. The molecule has 0 heterocycles. The average molecular weight is 166 g/mol. The van der Waals surface area contributed by atoms with Crippen molar-refractivity contribution in [1.29, 1.82) is 0 Å². The highest BCUT2D eigenvalue weighted by Gasteiger charge is 2.34. The summed E-state index contributed by atoms with van der Waals surface area (Å²) < 4.78 is 0. The molecule has 68 valence electrons. The highest BCUT2D eigenvalue weighted by molar-refractivity contribution is 5.19. The van der Waals surface area contributed by atoms with Gasteiger partial charge < -0.3 is 5.11 Å². The Morgan fingerprint density at radius 1 is 1.08 bits per heavy atom. The third kappa shape index (κ3) is 1.42. The lowest BCUT2D eigenvalue weighted by atomic mass is 9.84. The first kappa shape index (κ1) is 8.31. The van der Waals surface area contributed by atoms with Crippen LogP contribution in [-0.2, 0) is 0 Å². The van der Waals surface area contributed by atoms with Crippen molar-refractivity contribution in [3.8, 4) is 0 Å². The van der Waals surface area contributed by atoms with Crippen LogP contribution in [0.3, 0.4) is 0 Å². The molecule has 0 saturated heterocycles. The van der Waals surface area contributed by atoms with Gasteiger partial charge in [0.25, 0.3) is 0 Å². The number of aliphatic hydroxyl groups is 1. The van der Waals surface area contributed by atoms with E-state index < -0.39 is 0 Å². The Balaban J connectivity index is 2.10. The van der Waals surface area contributed by atoms with Gasteiger partial charge in [-0.2, -0.15) is 0 Å². The molecule has 0 aromatic heterocycles. The maximum absolute atomic E-state index is 10.2. The first-order valence-electron chi connectivity index (χ1n) is 5.23. The van der Waals surface area contributed by atoms with Crippen molar-refractivity contribution < 1.29 is 5.11 Å². The van der Waals surface area contributed by atoms with E-state index in [1.54, 1.807) is 0 Å². The van der Waals surface area contributed by atoms with Crippen LogP contribution in [0.15, 0.2) is 11.6 Å². The molecule has 0 bridgehead atoms. The molecule has 1 nitrogen and oxygen atoms in total. The first-order valence-corrected chi connectivity index (χ1v) is 5.23. The second-order valence-electron chi connectivity index (χ2n) is 4.21. The summed E-state index contributed by atoms with van der Waals surface area (Å²) in [5.74, 6) is 0. The van der Waals surface area contributed by atoms with Gasteiger partial charge in [0.1, 0.15) is 0 Å². The largest absolute Gasteiger partial charge is 0.386 e. The standard InChI is InChI=1S/C11H18O/c12-11(8-4-5-9-11)10-6-2-1-3-7-10/h6,12H,1-5,7-9H2. The van der Waals surface area contributed by atoms with Crippen molar-refractivity contribution in [2.45, 2.75) is 57.0 Å². The van der Waals surface area contributed by atoms with Crippen molar-refractivity contribution in [3.63, 3.8) is 0 Å². The second-order valence-corrected chi connectivity index (χ2v) is 4.21. The molecular weight excluding hydrogens is 148 g/mol. The van der Waals surface area contributed by atoms with Crippen LogP contribution in [0.25, 0.3) is 0 Å². The maximum atomic E-state index is 10.2. The van der Waals surface area contributed by atoms with Crippen LogP contribution in [0.1, 0.15) is 51.4 Å². The fourth-order valence-corrected chi connectivity index (χ4v) is 2.54. The summed E-state index contributed by atoms with van der Waals surface area (Å²) in [6, 6.07) is 0. The van der Waals surface area contributed by atoms with Crippen LogP contribution in [0.4, 0.5) is 0 Å². The van der Waals surface area contributed by atoms with Gasteiger partial charge >= 0.3 is 0 Å². The number of hydrogen-bond donors (Lipinski definition) is 1. The van der Waals surface area contributed by atoms with E-state index in [1.807, 2.05) is 0 Å². The van der Waals surface area contributed by atoms with Gasteiger partial charge in [-0.3, -0.25) is 0 Å². The summed E-state index contributed by atoms with van der Waals surface area (Å²) in [7, 11) is 0. The van der Waals surface area contributed by atoms with Crippen molar-refractivity contribution in [3.05, 3.63) is 11.6 Å². The Labute approximate surface area is 74.5 Å². The summed E-state index contributed by atoms with van der Waals surface area (Å²) >= 11 is 0. The molecule has 1 saturated carbocycles. The lowest BCUT2D eigenvalue weighted by Crippen LogP contribution is -2.27. The minimum absolute atomic E-state index is 0.375. The third-order valence-corrected chi connectivity index (χ3v) is 3.32. The van der Waals surface area contributed by atoms with Crippen LogP contribution < -0.4 is 0 Å². The summed E-state index contributed by atoms with van der Waals surface area (Å²) in [6.45, 7) is 0. The minimum Gasteiger partial charge on any atom is -0.386 e. The molecule has 0 aliphatic heterocycles. The Hall–Kier alpha value is -0.300. The summed E-state index contributed by atoms with van der Waals surface area (Å²) in [6.07, 6.45) is 11.7. The Morgan fingerprint density at radius 2 is 1.83 bits per heavy atom. The minimum atomic E-state index is -0.375. The second kappa shape index (κ2) is 3.21. The van der Waals surface area contributed by atoms with E-state index in [0.29, 0.717) is 0 Å². The van der Waals surface area contributed by atoms with E-state index in [9.17, 15) is 5.11 Å². The molecule has 0 amide bonds. The Bertz CT molecular complexity index is 187. The monoisotopic (exact) mass is 166 g/mol. The predicted molar refractivity (Wildman–Crippen MR) is 50.0 cm³/mol. The number of allylic oxidation sites excluding steroid dienone is 1. The van der Waals surface area contributed by atoms with Gasteiger partial charge in [-0.15, -0.1) is 0 Å². The maximum Gasteiger partial charge on any atom is 0.0856 e. The van der Waals surface area contributed by atoms with Crippen LogP contribution in [-0.4, -0.2) is 10.7 Å². The summed E-state index contributed by atoms with van der Waals surface area (Å²) in [5.41, 5.74) is 0.978. The molecule has 1 heteroatoms. The topological polar surface area (TPSA) is 20.2 Å². The van der Waals surface area contributed by atoms with Gasteiger partial charge in [0, 0.05) is 0 Å². The van der Waals surface area contributed by atoms with Crippen molar-refractivity contribution >= 4 is 0 Å². The number of rotatable bonds is 1. The van der Waals surface area contributed by atoms with Gasteiger partial charge in [0.15, 0.2) is 0 Å². The van der Waals surface area contributed by atoms with Crippen molar-refractivity contribution in [2.75, 3.05) is 0 Å². The Morgan fingerprint density at radius 3 is 2.42 bits per heavy atom. The molecule has 0 radical (unpaired) electrons. The van der Waals surface area contributed by atoms with E-state index in [4.69, 9.17) is 0 Å². The van der Waals surface area contributed by atoms with E-state index in [1.165, 1.54) is 37.7 Å². The van der Waals surface area contributed by atoms with Gasteiger partial charge in [0.05, 0.1) is 5.60 Å². The van der Waals surface area contributed by atoms with Crippen LogP contribution in [0.5, 0.6) is 0 Å². The molecule has 1 N–H and O–H groups in total. The molecule has 2 aliphatic carbocycles. The van der Waals surface area contributed by atoms with Gasteiger partial charge in [0.2, 0.25) is 0 Å². The number of hydrogen-bond acceptors (Lipinski definition) is 1. The smallest absolute Gasteiger partial charge is 0.0856 e. The zero-order valence-corrected chi connectivity index (χ0v) is 7.68. The molecule has 0 spiro atoms. The predicted octanol–water partition coefficient (Wildman–Crippen LogP) is 2.79.